The Morgan fingerprint density at radius 3 is 1.97 bits per heavy atom. The molecular weight excluding hydrogens is 424 g/mol. The van der Waals surface area contributed by atoms with Gasteiger partial charge in [-0.25, -0.2) is 21.6 Å². The van der Waals surface area contributed by atoms with Gasteiger partial charge in [0.15, 0.2) is 29.2 Å². The van der Waals surface area contributed by atoms with E-state index in [0.29, 0.717) is 0 Å². The van der Waals surface area contributed by atoms with Crippen molar-refractivity contribution in [2.75, 3.05) is 6.61 Å². The number of ether oxygens (including phenoxy) is 1. The molecule has 0 amide bonds. The second-order valence-corrected chi connectivity index (χ2v) is 8.10. The van der Waals surface area contributed by atoms with E-state index in [1.54, 1.807) is 6.92 Å². The van der Waals surface area contributed by atoms with E-state index in [1.807, 2.05) is 0 Å². The Morgan fingerprint density at radius 1 is 0.931 bits per heavy atom. The fourth-order valence-electron chi connectivity index (χ4n) is 2.82. The van der Waals surface area contributed by atoms with Crippen molar-refractivity contribution < 1.29 is 39.5 Å². The van der Waals surface area contributed by atoms with Crippen LogP contribution in [0.3, 0.4) is 0 Å². The van der Waals surface area contributed by atoms with Crippen molar-refractivity contribution in [3.05, 3.63) is 58.4 Å². The van der Waals surface area contributed by atoms with Crippen LogP contribution in [0.2, 0.25) is 0 Å². The van der Waals surface area contributed by atoms with Crippen molar-refractivity contribution in [3.63, 3.8) is 0 Å². The zero-order valence-electron chi connectivity index (χ0n) is 15.5. The molecule has 1 N–H and O–H groups in total. The van der Waals surface area contributed by atoms with Crippen LogP contribution in [0, 0.1) is 38.2 Å². The number of halogens is 6. The Balaban J connectivity index is 2.32. The first-order chi connectivity index (χ1) is 13.2. The third kappa shape index (κ3) is 5.41. The number of benzene rings is 2. The second kappa shape index (κ2) is 8.23. The molecule has 1 atom stereocenters. The average molecular weight is 441 g/mol. The quantitative estimate of drug-likeness (QED) is 0.537. The van der Waals surface area contributed by atoms with Gasteiger partial charge in [-0.05, 0) is 31.9 Å². The van der Waals surface area contributed by atoms with Gasteiger partial charge in [0.2, 0.25) is 10.0 Å². The van der Waals surface area contributed by atoms with E-state index >= 15 is 0 Å². The Hall–Kier alpha value is -2.27. The summed E-state index contributed by atoms with van der Waals surface area (Å²) in [5.41, 5.74) is 1.20. The SMILES string of the molecule is Cc1cc(C)c(S(=O)(=O)NC(COc2cc(F)c(F)cc2F)C(F)(F)F)c(C)c1. The molecular formula is C18H17F6NO3S. The maximum atomic E-state index is 13.6. The van der Waals surface area contributed by atoms with Gasteiger partial charge in [0.05, 0.1) is 4.90 Å². The Morgan fingerprint density at radius 2 is 1.45 bits per heavy atom. The number of rotatable bonds is 6. The van der Waals surface area contributed by atoms with Crippen LogP contribution in [0.4, 0.5) is 26.3 Å². The molecule has 0 aromatic heterocycles. The zero-order chi connectivity index (χ0) is 22.1. The lowest BCUT2D eigenvalue weighted by Gasteiger charge is -2.23. The third-order valence-corrected chi connectivity index (χ3v) is 5.72. The molecule has 0 spiro atoms. The van der Waals surface area contributed by atoms with Crippen LogP contribution in [0.1, 0.15) is 16.7 Å². The lowest BCUT2D eigenvalue weighted by molar-refractivity contribution is -0.157. The normalized spacial score (nSPS) is 13.4. The molecule has 0 heterocycles. The summed E-state index contributed by atoms with van der Waals surface area (Å²) in [4.78, 5) is -0.323. The summed E-state index contributed by atoms with van der Waals surface area (Å²) >= 11 is 0. The summed E-state index contributed by atoms with van der Waals surface area (Å²) < 4.78 is 111. The first kappa shape index (κ1) is 23.0. The minimum absolute atomic E-state index is 0.108. The molecule has 2 rings (SSSR count). The molecule has 0 aliphatic rings. The molecule has 1 unspecified atom stereocenters. The van der Waals surface area contributed by atoms with Crippen molar-refractivity contribution in [3.8, 4) is 5.75 Å². The first-order valence-electron chi connectivity index (χ1n) is 8.16. The van der Waals surface area contributed by atoms with E-state index in [0.717, 1.165) is 5.56 Å². The number of aryl methyl sites for hydroxylation is 3. The van der Waals surface area contributed by atoms with E-state index in [9.17, 15) is 34.8 Å². The van der Waals surface area contributed by atoms with Crippen molar-refractivity contribution in [1.82, 2.24) is 4.72 Å². The van der Waals surface area contributed by atoms with Crippen molar-refractivity contribution >= 4 is 10.0 Å². The van der Waals surface area contributed by atoms with Crippen LogP contribution in [0.15, 0.2) is 29.2 Å². The second-order valence-electron chi connectivity index (χ2n) is 6.45. The summed E-state index contributed by atoms with van der Waals surface area (Å²) in [6.45, 7) is 3.18. The molecule has 0 aliphatic heterocycles. The molecule has 0 saturated carbocycles. The predicted octanol–water partition coefficient (Wildman–Crippen LogP) is 4.32. The Labute approximate surface area is 163 Å². The minimum Gasteiger partial charge on any atom is -0.488 e. The van der Waals surface area contributed by atoms with Gasteiger partial charge in [0.1, 0.15) is 6.61 Å². The Bertz CT molecular complexity index is 998. The van der Waals surface area contributed by atoms with Crippen molar-refractivity contribution in [1.29, 1.82) is 0 Å². The van der Waals surface area contributed by atoms with E-state index in [-0.39, 0.29) is 28.2 Å². The van der Waals surface area contributed by atoms with Gasteiger partial charge in [0, 0.05) is 12.1 Å². The van der Waals surface area contributed by atoms with Crippen LogP contribution < -0.4 is 9.46 Å². The molecule has 2 aromatic carbocycles. The van der Waals surface area contributed by atoms with Gasteiger partial charge in [0.25, 0.3) is 0 Å². The molecule has 160 valence electrons. The average Bonchev–Trinajstić information content (AvgIpc) is 2.53. The molecule has 0 bridgehead atoms. The highest BCUT2D eigenvalue weighted by Crippen LogP contribution is 2.27. The molecule has 0 aliphatic carbocycles. The summed E-state index contributed by atoms with van der Waals surface area (Å²) in [7, 11) is -4.63. The van der Waals surface area contributed by atoms with Crippen LogP contribution in [0.25, 0.3) is 0 Å². The maximum absolute atomic E-state index is 13.6. The molecule has 0 radical (unpaired) electrons. The van der Waals surface area contributed by atoms with Crippen LogP contribution >= 0.6 is 0 Å². The lowest BCUT2D eigenvalue weighted by atomic mass is 10.1. The fourth-order valence-corrected chi connectivity index (χ4v) is 4.48. The summed E-state index contributed by atoms with van der Waals surface area (Å²) in [5, 5.41) is 0. The first-order valence-corrected chi connectivity index (χ1v) is 9.65. The van der Waals surface area contributed by atoms with Crippen LogP contribution in [-0.2, 0) is 10.0 Å². The molecule has 2 aromatic rings. The molecule has 4 nitrogen and oxygen atoms in total. The number of nitrogens with one attached hydrogen (secondary N) is 1. The maximum Gasteiger partial charge on any atom is 0.408 e. The monoisotopic (exact) mass is 441 g/mol. The fraction of sp³-hybridized carbons (Fsp3) is 0.333. The van der Waals surface area contributed by atoms with Gasteiger partial charge in [-0.2, -0.15) is 17.9 Å². The predicted molar refractivity (Wildman–Crippen MR) is 92.6 cm³/mol. The van der Waals surface area contributed by atoms with Crippen LogP contribution in [-0.4, -0.2) is 27.2 Å². The number of alkyl halides is 3. The van der Waals surface area contributed by atoms with E-state index in [4.69, 9.17) is 0 Å². The zero-order valence-corrected chi connectivity index (χ0v) is 16.3. The summed E-state index contributed by atoms with van der Waals surface area (Å²) in [6.07, 6.45) is -5.10. The Kier molecular flexibility index (Phi) is 6.53. The highest BCUT2D eigenvalue weighted by molar-refractivity contribution is 7.89. The summed E-state index contributed by atoms with van der Waals surface area (Å²) in [5.74, 6) is -5.50. The standard InChI is InChI=1S/C18H17F6NO3S/c1-9-4-10(2)17(11(3)5-9)29(26,27)25-16(18(22,23)24)8-28-15-7-13(20)12(19)6-14(15)21/h4-7,16,25H,8H2,1-3H3. The lowest BCUT2D eigenvalue weighted by Crippen LogP contribution is -2.49. The van der Waals surface area contributed by atoms with Gasteiger partial charge in [-0.3, -0.25) is 0 Å². The van der Waals surface area contributed by atoms with Crippen molar-refractivity contribution in [2.24, 2.45) is 0 Å². The number of sulfonamides is 1. The minimum atomic E-state index is -5.10. The van der Waals surface area contributed by atoms with E-state index in [1.165, 1.54) is 30.7 Å². The van der Waals surface area contributed by atoms with Crippen LogP contribution in [0.5, 0.6) is 5.75 Å². The number of hydrogen-bond donors (Lipinski definition) is 1. The largest absolute Gasteiger partial charge is 0.488 e. The van der Waals surface area contributed by atoms with Gasteiger partial charge in [-0.1, -0.05) is 17.7 Å². The molecule has 0 fully saturated rings. The van der Waals surface area contributed by atoms with Gasteiger partial charge in [-0.15, -0.1) is 0 Å². The van der Waals surface area contributed by atoms with E-state index < -0.39 is 52.0 Å². The van der Waals surface area contributed by atoms with E-state index in [2.05, 4.69) is 4.74 Å². The molecule has 11 heteroatoms. The number of hydrogen-bond acceptors (Lipinski definition) is 3. The molecule has 0 saturated heterocycles. The topological polar surface area (TPSA) is 55.4 Å². The molecule has 29 heavy (non-hydrogen) atoms. The third-order valence-electron chi connectivity index (χ3n) is 3.95. The van der Waals surface area contributed by atoms with Gasteiger partial charge >= 0.3 is 6.18 Å². The van der Waals surface area contributed by atoms with Gasteiger partial charge < -0.3 is 4.74 Å². The smallest absolute Gasteiger partial charge is 0.408 e. The van der Waals surface area contributed by atoms with Crippen molar-refractivity contribution in [2.45, 2.75) is 37.9 Å². The highest BCUT2D eigenvalue weighted by Gasteiger charge is 2.43. The summed E-state index contributed by atoms with van der Waals surface area (Å²) in [6, 6.07) is 0.575. The highest BCUT2D eigenvalue weighted by atomic mass is 32.2.